The van der Waals surface area contributed by atoms with Gasteiger partial charge >= 0.3 is 0 Å². The summed E-state index contributed by atoms with van der Waals surface area (Å²) < 4.78 is 2.03. The Kier molecular flexibility index (Phi) is 1.99. The number of thiol groups is 1. The molecule has 0 saturated carbocycles. The summed E-state index contributed by atoms with van der Waals surface area (Å²) in [7, 11) is 0. The zero-order valence-electron chi connectivity index (χ0n) is 6.51. The largest absolute Gasteiger partial charge is 0.301 e. The van der Waals surface area contributed by atoms with Crippen molar-refractivity contribution in [2.75, 3.05) is 5.75 Å². The Morgan fingerprint density at radius 2 is 2.33 bits per heavy atom. The minimum Gasteiger partial charge on any atom is -0.301 e. The predicted octanol–water partition coefficient (Wildman–Crippen LogP) is 1.20. The van der Waals surface area contributed by atoms with Crippen LogP contribution >= 0.6 is 12.6 Å². The number of nitrogens with zero attached hydrogens (tertiary/aromatic N) is 3. The van der Waals surface area contributed by atoms with E-state index >= 15 is 0 Å². The summed E-state index contributed by atoms with van der Waals surface area (Å²) in [4.78, 5) is 8.19. The Labute approximate surface area is 75.9 Å². The van der Waals surface area contributed by atoms with Crippen molar-refractivity contribution in [1.29, 1.82) is 0 Å². The third-order valence-corrected chi connectivity index (χ3v) is 1.99. The number of hydrogen-bond donors (Lipinski definition) is 1. The number of hydrogen-bond acceptors (Lipinski definition) is 3. The second kappa shape index (κ2) is 3.15. The molecule has 3 nitrogen and oxygen atoms in total. The van der Waals surface area contributed by atoms with Crippen molar-refractivity contribution in [1.82, 2.24) is 14.4 Å². The summed E-state index contributed by atoms with van der Waals surface area (Å²) in [5.41, 5.74) is 2.08. The third kappa shape index (κ3) is 1.18. The van der Waals surface area contributed by atoms with E-state index in [4.69, 9.17) is 0 Å². The number of rotatable bonds is 2. The second-order valence-electron chi connectivity index (χ2n) is 2.53. The van der Waals surface area contributed by atoms with E-state index < -0.39 is 0 Å². The fourth-order valence-electron chi connectivity index (χ4n) is 1.19. The summed E-state index contributed by atoms with van der Waals surface area (Å²) in [6.45, 7) is 0. The van der Waals surface area contributed by atoms with Crippen molar-refractivity contribution >= 4 is 18.3 Å². The Bertz CT molecular complexity index is 382. The maximum atomic E-state index is 4.20. The van der Waals surface area contributed by atoms with E-state index in [1.165, 1.54) is 5.69 Å². The fourth-order valence-corrected chi connectivity index (χ4v) is 1.42. The number of imidazole rings is 1. The first-order valence-electron chi connectivity index (χ1n) is 3.78. The van der Waals surface area contributed by atoms with Crippen LogP contribution in [0.1, 0.15) is 5.69 Å². The first kappa shape index (κ1) is 7.61. The van der Waals surface area contributed by atoms with E-state index in [1.807, 2.05) is 16.8 Å². The molecule has 0 bridgehead atoms. The van der Waals surface area contributed by atoms with E-state index in [1.54, 1.807) is 12.4 Å². The molecule has 2 aromatic heterocycles. The molecule has 0 amide bonds. The summed E-state index contributed by atoms with van der Waals surface area (Å²) in [6, 6.07) is 0. The van der Waals surface area contributed by atoms with Gasteiger partial charge in [0, 0.05) is 24.3 Å². The first-order valence-corrected chi connectivity index (χ1v) is 4.42. The SMILES string of the molecule is SCCc1cnc2cnccn12. The van der Waals surface area contributed by atoms with Crippen LogP contribution in [0.2, 0.25) is 0 Å². The van der Waals surface area contributed by atoms with Gasteiger partial charge in [-0.15, -0.1) is 0 Å². The summed E-state index contributed by atoms with van der Waals surface area (Å²) in [5.74, 6) is 0.843. The Morgan fingerprint density at radius 3 is 3.17 bits per heavy atom. The molecule has 0 radical (unpaired) electrons. The van der Waals surface area contributed by atoms with Crippen LogP contribution in [0, 0.1) is 0 Å². The van der Waals surface area contributed by atoms with Crippen molar-refractivity contribution in [3.05, 3.63) is 30.5 Å². The molecule has 62 valence electrons. The van der Waals surface area contributed by atoms with Gasteiger partial charge in [0.05, 0.1) is 6.20 Å². The number of fused-ring (bicyclic) bond motifs is 1. The lowest BCUT2D eigenvalue weighted by Crippen LogP contribution is -1.93. The zero-order chi connectivity index (χ0) is 8.39. The van der Waals surface area contributed by atoms with Gasteiger partial charge in [-0.25, -0.2) is 4.98 Å². The van der Waals surface area contributed by atoms with Crippen LogP contribution in [0.4, 0.5) is 0 Å². The number of aromatic nitrogens is 3. The van der Waals surface area contributed by atoms with Gasteiger partial charge in [-0.05, 0) is 12.2 Å². The summed E-state index contributed by atoms with van der Waals surface area (Å²) in [6.07, 6.45) is 8.24. The summed E-state index contributed by atoms with van der Waals surface area (Å²) >= 11 is 4.18. The quantitative estimate of drug-likeness (QED) is 0.702. The highest BCUT2D eigenvalue weighted by molar-refractivity contribution is 7.80. The van der Waals surface area contributed by atoms with Crippen LogP contribution in [-0.2, 0) is 6.42 Å². The van der Waals surface area contributed by atoms with E-state index in [2.05, 4.69) is 22.6 Å². The van der Waals surface area contributed by atoms with Crippen molar-refractivity contribution < 1.29 is 0 Å². The Hall–Kier alpha value is -1.03. The van der Waals surface area contributed by atoms with Crippen LogP contribution in [0.5, 0.6) is 0 Å². The van der Waals surface area contributed by atoms with Crippen LogP contribution in [0.15, 0.2) is 24.8 Å². The Balaban J connectivity index is 2.55. The Morgan fingerprint density at radius 1 is 1.42 bits per heavy atom. The van der Waals surface area contributed by atoms with E-state index in [0.717, 1.165) is 17.8 Å². The average Bonchev–Trinajstić information content (AvgIpc) is 2.50. The molecule has 4 heteroatoms. The molecule has 0 atom stereocenters. The van der Waals surface area contributed by atoms with Crippen LogP contribution in [0.25, 0.3) is 5.65 Å². The van der Waals surface area contributed by atoms with Gasteiger partial charge < -0.3 is 4.40 Å². The van der Waals surface area contributed by atoms with Crippen molar-refractivity contribution in [3.63, 3.8) is 0 Å². The molecule has 2 rings (SSSR count). The lowest BCUT2D eigenvalue weighted by atomic mass is 10.4. The fraction of sp³-hybridized carbons (Fsp3) is 0.250. The van der Waals surface area contributed by atoms with Gasteiger partial charge in [0.2, 0.25) is 0 Å². The zero-order valence-corrected chi connectivity index (χ0v) is 7.41. The maximum absolute atomic E-state index is 4.20. The topological polar surface area (TPSA) is 30.2 Å². The molecule has 12 heavy (non-hydrogen) atoms. The van der Waals surface area contributed by atoms with Crippen molar-refractivity contribution in [2.24, 2.45) is 0 Å². The normalized spacial score (nSPS) is 10.8. The first-order chi connectivity index (χ1) is 5.92. The molecule has 0 aromatic carbocycles. The molecule has 2 aromatic rings. The standard InChI is InChI=1S/C8H9N3S/c12-4-1-7-5-10-8-6-9-2-3-11(7)8/h2-3,5-6,12H,1,4H2. The summed E-state index contributed by atoms with van der Waals surface area (Å²) in [5, 5.41) is 0. The minimum atomic E-state index is 0.843. The van der Waals surface area contributed by atoms with Gasteiger partial charge in [0.15, 0.2) is 5.65 Å². The molecule has 0 N–H and O–H groups in total. The lowest BCUT2D eigenvalue weighted by Gasteiger charge is -1.96. The van der Waals surface area contributed by atoms with Crippen LogP contribution in [-0.4, -0.2) is 20.1 Å². The van der Waals surface area contributed by atoms with Gasteiger partial charge in [0.25, 0.3) is 0 Å². The molecule has 0 aliphatic carbocycles. The molecular weight excluding hydrogens is 170 g/mol. The van der Waals surface area contributed by atoms with E-state index in [9.17, 15) is 0 Å². The molecule has 0 saturated heterocycles. The maximum Gasteiger partial charge on any atom is 0.155 e. The highest BCUT2D eigenvalue weighted by Gasteiger charge is 1.99. The van der Waals surface area contributed by atoms with Crippen LogP contribution < -0.4 is 0 Å². The smallest absolute Gasteiger partial charge is 0.155 e. The van der Waals surface area contributed by atoms with Gasteiger partial charge in [-0.1, -0.05) is 0 Å². The third-order valence-electron chi connectivity index (χ3n) is 1.76. The monoisotopic (exact) mass is 179 g/mol. The molecule has 0 fully saturated rings. The molecule has 0 aliphatic rings. The second-order valence-corrected chi connectivity index (χ2v) is 2.97. The molecule has 2 heterocycles. The highest BCUT2D eigenvalue weighted by Crippen LogP contribution is 2.05. The molecular formula is C8H9N3S. The van der Waals surface area contributed by atoms with Gasteiger partial charge in [-0.2, -0.15) is 12.6 Å². The highest BCUT2D eigenvalue weighted by atomic mass is 32.1. The number of aryl methyl sites for hydroxylation is 1. The lowest BCUT2D eigenvalue weighted by molar-refractivity contribution is 0.993. The molecule has 0 spiro atoms. The van der Waals surface area contributed by atoms with Gasteiger partial charge in [-0.3, -0.25) is 4.98 Å². The predicted molar refractivity (Wildman–Crippen MR) is 50.5 cm³/mol. The van der Waals surface area contributed by atoms with E-state index in [0.29, 0.717) is 0 Å². The minimum absolute atomic E-state index is 0.843. The van der Waals surface area contributed by atoms with Crippen molar-refractivity contribution in [2.45, 2.75) is 6.42 Å². The molecule has 0 aliphatic heterocycles. The van der Waals surface area contributed by atoms with Gasteiger partial charge in [0.1, 0.15) is 0 Å². The van der Waals surface area contributed by atoms with E-state index in [-0.39, 0.29) is 0 Å². The molecule has 0 unspecified atom stereocenters. The van der Waals surface area contributed by atoms with Crippen molar-refractivity contribution in [3.8, 4) is 0 Å². The van der Waals surface area contributed by atoms with Crippen LogP contribution in [0.3, 0.4) is 0 Å². The average molecular weight is 179 g/mol.